The quantitative estimate of drug-likeness (QED) is 0.693. The van der Waals surface area contributed by atoms with Crippen molar-refractivity contribution >= 4 is 0 Å². The second-order valence-corrected chi connectivity index (χ2v) is 6.05. The summed E-state index contributed by atoms with van der Waals surface area (Å²) in [6.45, 7) is 5.46. The van der Waals surface area contributed by atoms with Crippen LogP contribution in [0.15, 0.2) is 42.5 Å². The fraction of sp³-hybridized carbons (Fsp3) is 0.211. The van der Waals surface area contributed by atoms with Crippen molar-refractivity contribution in [2.45, 2.75) is 26.9 Å². The van der Waals surface area contributed by atoms with Gasteiger partial charge in [0.1, 0.15) is 5.75 Å². The molecule has 0 radical (unpaired) electrons. The third-order valence-electron chi connectivity index (χ3n) is 4.21. The molecule has 0 bridgehead atoms. The Morgan fingerprint density at radius 2 is 1.60 bits per heavy atom. The van der Waals surface area contributed by atoms with Crippen molar-refractivity contribution in [3.8, 4) is 22.7 Å². The van der Waals surface area contributed by atoms with Gasteiger partial charge >= 0.3 is 6.18 Å². The molecule has 2 aromatic carbocycles. The lowest BCUT2D eigenvalue weighted by Gasteiger charge is -2.13. The van der Waals surface area contributed by atoms with Gasteiger partial charge in [-0.05, 0) is 62.2 Å². The predicted molar refractivity (Wildman–Crippen MR) is 89.9 cm³/mol. The summed E-state index contributed by atoms with van der Waals surface area (Å²) in [5, 5.41) is 14.5. The molecule has 1 aromatic heterocycles. The smallest absolute Gasteiger partial charge is 0.418 e. The van der Waals surface area contributed by atoms with Crippen LogP contribution in [-0.4, -0.2) is 14.9 Å². The van der Waals surface area contributed by atoms with Crippen molar-refractivity contribution in [1.29, 1.82) is 0 Å². The number of nitrogens with zero attached hydrogens (tertiary/aromatic N) is 2. The third-order valence-corrected chi connectivity index (χ3v) is 4.21. The maximum absolute atomic E-state index is 13.3. The summed E-state index contributed by atoms with van der Waals surface area (Å²) in [6, 6.07) is 10.4. The summed E-state index contributed by atoms with van der Waals surface area (Å²) in [6.07, 6.45) is -4.47. The standard InChI is InChI=1S/C19H17F3N2O/c1-11-8-14(18(25)9-12(11)2)16-10-13(3)24(23-16)17-7-5-4-6-15(17)19(20,21)22/h4-10,25H,1-3H3. The van der Waals surface area contributed by atoms with E-state index in [-0.39, 0.29) is 11.4 Å². The van der Waals surface area contributed by atoms with E-state index in [4.69, 9.17) is 0 Å². The SMILES string of the molecule is Cc1cc(O)c(-c2cc(C)n(-c3ccccc3C(F)(F)F)n2)cc1C. The largest absolute Gasteiger partial charge is 0.507 e. The van der Waals surface area contributed by atoms with Gasteiger partial charge in [-0.25, -0.2) is 4.68 Å². The number of hydrogen-bond acceptors (Lipinski definition) is 2. The van der Waals surface area contributed by atoms with E-state index in [9.17, 15) is 18.3 Å². The summed E-state index contributed by atoms with van der Waals surface area (Å²) in [5.41, 5.74) is 2.57. The number of para-hydroxylation sites is 1. The first kappa shape index (κ1) is 17.1. The average molecular weight is 346 g/mol. The van der Waals surface area contributed by atoms with Crippen molar-refractivity contribution in [3.63, 3.8) is 0 Å². The molecular formula is C19H17F3N2O. The van der Waals surface area contributed by atoms with Gasteiger partial charge in [0.2, 0.25) is 0 Å². The minimum Gasteiger partial charge on any atom is -0.507 e. The number of alkyl halides is 3. The molecule has 130 valence electrons. The monoisotopic (exact) mass is 346 g/mol. The average Bonchev–Trinajstić information content (AvgIpc) is 2.91. The van der Waals surface area contributed by atoms with Gasteiger partial charge < -0.3 is 5.11 Å². The molecule has 1 N–H and O–H groups in total. The van der Waals surface area contributed by atoms with Crippen molar-refractivity contribution in [2.75, 3.05) is 0 Å². The zero-order chi connectivity index (χ0) is 18.4. The Balaban J connectivity index is 2.17. The summed E-state index contributed by atoms with van der Waals surface area (Å²) < 4.78 is 41.1. The second kappa shape index (κ2) is 5.95. The molecule has 0 fully saturated rings. The lowest BCUT2D eigenvalue weighted by Crippen LogP contribution is -2.12. The molecule has 25 heavy (non-hydrogen) atoms. The van der Waals surface area contributed by atoms with Gasteiger partial charge in [0.25, 0.3) is 0 Å². The number of hydrogen-bond donors (Lipinski definition) is 1. The van der Waals surface area contributed by atoms with Crippen LogP contribution in [0.1, 0.15) is 22.4 Å². The van der Waals surface area contributed by atoms with Crippen LogP contribution in [0.25, 0.3) is 16.9 Å². The van der Waals surface area contributed by atoms with Crippen molar-refractivity contribution < 1.29 is 18.3 Å². The van der Waals surface area contributed by atoms with Gasteiger partial charge in [0.05, 0.1) is 16.9 Å². The van der Waals surface area contributed by atoms with Gasteiger partial charge in [0, 0.05) is 11.3 Å². The fourth-order valence-electron chi connectivity index (χ4n) is 2.75. The molecular weight excluding hydrogens is 329 g/mol. The zero-order valence-corrected chi connectivity index (χ0v) is 14.0. The van der Waals surface area contributed by atoms with Crippen LogP contribution in [0.3, 0.4) is 0 Å². The predicted octanol–water partition coefficient (Wildman–Crippen LogP) is 5.19. The fourth-order valence-corrected chi connectivity index (χ4v) is 2.75. The summed E-state index contributed by atoms with van der Waals surface area (Å²) in [5.74, 6) is 0.0526. The van der Waals surface area contributed by atoms with E-state index in [0.717, 1.165) is 17.2 Å². The zero-order valence-electron chi connectivity index (χ0n) is 14.0. The van der Waals surface area contributed by atoms with Crippen molar-refractivity contribution in [2.24, 2.45) is 0 Å². The molecule has 0 amide bonds. The molecule has 3 rings (SSSR count). The molecule has 0 aliphatic rings. The minimum atomic E-state index is -4.47. The van der Waals surface area contributed by atoms with Gasteiger partial charge in [-0.2, -0.15) is 18.3 Å². The van der Waals surface area contributed by atoms with Crippen LogP contribution >= 0.6 is 0 Å². The Hall–Kier alpha value is -2.76. The molecule has 1 heterocycles. The Morgan fingerprint density at radius 1 is 0.960 bits per heavy atom. The number of aryl methyl sites for hydroxylation is 3. The van der Waals surface area contributed by atoms with Crippen LogP contribution in [0.4, 0.5) is 13.2 Å². The topological polar surface area (TPSA) is 38.0 Å². The maximum Gasteiger partial charge on any atom is 0.418 e. The summed E-state index contributed by atoms with van der Waals surface area (Å²) in [7, 11) is 0. The van der Waals surface area contributed by atoms with E-state index in [1.807, 2.05) is 13.8 Å². The molecule has 0 atom stereocenters. The van der Waals surface area contributed by atoms with E-state index in [0.29, 0.717) is 17.0 Å². The molecule has 3 aromatic rings. The van der Waals surface area contributed by atoms with Crippen LogP contribution in [0, 0.1) is 20.8 Å². The van der Waals surface area contributed by atoms with Gasteiger partial charge in [-0.3, -0.25) is 0 Å². The van der Waals surface area contributed by atoms with E-state index in [1.165, 1.54) is 16.8 Å². The second-order valence-electron chi connectivity index (χ2n) is 6.05. The Morgan fingerprint density at radius 3 is 2.28 bits per heavy atom. The van der Waals surface area contributed by atoms with Crippen LogP contribution in [0.2, 0.25) is 0 Å². The molecule has 0 aliphatic heterocycles. The highest BCUT2D eigenvalue weighted by atomic mass is 19.4. The highest BCUT2D eigenvalue weighted by Crippen LogP contribution is 2.36. The summed E-state index contributed by atoms with van der Waals surface area (Å²) in [4.78, 5) is 0. The number of phenols is 1. The number of phenolic OH excluding ortho intramolecular Hbond substituents is 1. The van der Waals surface area contributed by atoms with Crippen molar-refractivity contribution in [1.82, 2.24) is 9.78 Å². The highest BCUT2D eigenvalue weighted by molar-refractivity contribution is 5.69. The molecule has 0 saturated heterocycles. The van der Waals surface area contributed by atoms with E-state index in [1.54, 1.807) is 31.2 Å². The van der Waals surface area contributed by atoms with Gasteiger partial charge in [-0.15, -0.1) is 0 Å². The van der Waals surface area contributed by atoms with Crippen LogP contribution in [-0.2, 0) is 6.18 Å². The molecule has 6 heteroatoms. The normalized spacial score (nSPS) is 11.8. The van der Waals surface area contributed by atoms with Crippen molar-refractivity contribution in [3.05, 3.63) is 64.8 Å². The van der Waals surface area contributed by atoms with E-state index < -0.39 is 11.7 Å². The Kier molecular flexibility index (Phi) is 4.06. The van der Waals surface area contributed by atoms with E-state index in [2.05, 4.69) is 5.10 Å². The van der Waals surface area contributed by atoms with E-state index >= 15 is 0 Å². The lowest BCUT2D eigenvalue weighted by molar-refractivity contribution is -0.137. The molecule has 3 nitrogen and oxygen atoms in total. The first-order valence-corrected chi connectivity index (χ1v) is 7.72. The lowest BCUT2D eigenvalue weighted by atomic mass is 10.0. The first-order chi connectivity index (χ1) is 11.7. The maximum atomic E-state index is 13.3. The van der Waals surface area contributed by atoms with Crippen LogP contribution < -0.4 is 0 Å². The highest BCUT2D eigenvalue weighted by Gasteiger charge is 2.34. The number of rotatable bonds is 2. The third kappa shape index (κ3) is 3.12. The Labute approximate surface area is 143 Å². The van der Waals surface area contributed by atoms with Crippen LogP contribution in [0.5, 0.6) is 5.75 Å². The van der Waals surface area contributed by atoms with Gasteiger partial charge in [-0.1, -0.05) is 12.1 Å². The first-order valence-electron chi connectivity index (χ1n) is 7.72. The molecule has 0 aliphatic carbocycles. The summed E-state index contributed by atoms with van der Waals surface area (Å²) >= 11 is 0. The minimum absolute atomic E-state index is 0.0397. The number of aromatic nitrogens is 2. The number of halogens is 3. The molecule has 0 unspecified atom stereocenters. The Bertz CT molecular complexity index is 942. The number of aromatic hydroxyl groups is 1. The number of benzene rings is 2. The van der Waals surface area contributed by atoms with Gasteiger partial charge in [0.15, 0.2) is 0 Å². The molecule has 0 saturated carbocycles. The molecule has 0 spiro atoms.